The summed E-state index contributed by atoms with van der Waals surface area (Å²) in [6.45, 7) is 10.3. The van der Waals surface area contributed by atoms with E-state index in [2.05, 4.69) is 30.1 Å². The topological polar surface area (TPSA) is 35.6 Å². The maximum atomic E-state index is 12.6. The summed E-state index contributed by atoms with van der Waals surface area (Å²) in [7, 11) is 0. The molecular weight excluding hydrogens is 250 g/mol. The number of likely N-dealkylation sites (N-methyl/N-ethyl adjacent to an activating group) is 1. The zero-order valence-corrected chi connectivity index (χ0v) is 12.7. The average molecular weight is 275 g/mol. The largest absolute Gasteiger partial charge is 0.312 e. The van der Waals surface area contributed by atoms with Crippen molar-refractivity contribution in [2.45, 2.75) is 26.8 Å². The number of carbonyl (C=O) groups excluding carboxylic acids is 1. The average Bonchev–Trinajstić information content (AvgIpc) is 2.41. The number of aryl methyl sites for hydroxylation is 1. The Hall–Kier alpha value is -1.39. The minimum atomic E-state index is 0.191. The Bertz CT molecular complexity index is 461. The van der Waals surface area contributed by atoms with E-state index in [1.54, 1.807) is 0 Å². The van der Waals surface area contributed by atoms with Crippen LogP contribution in [0.15, 0.2) is 24.3 Å². The molecule has 0 aliphatic carbocycles. The molecule has 1 unspecified atom stereocenters. The maximum absolute atomic E-state index is 12.6. The summed E-state index contributed by atoms with van der Waals surface area (Å²) in [5.41, 5.74) is 2.18. The molecular formula is C16H25N3O. The molecule has 20 heavy (non-hydrogen) atoms. The van der Waals surface area contributed by atoms with Crippen molar-refractivity contribution in [2.24, 2.45) is 0 Å². The highest BCUT2D eigenvalue weighted by Gasteiger charge is 2.22. The predicted molar refractivity (Wildman–Crippen MR) is 83.1 cm³/mol. The van der Waals surface area contributed by atoms with Crippen LogP contribution in [-0.2, 0) is 4.79 Å². The summed E-state index contributed by atoms with van der Waals surface area (Å²) in [6, 6.07) is 8.54. The second-order valence-corrected chi connectivity index (χ2v) is 5.51. The lowest BCUT2D eigenvalue weighted by molar-refractivity contribution is -0.120. The summed E-state index contributed by atoms with van der Waals surface area (Å²) in [6.07, 6.45) is 0. The lowest BCUT2D eigenvalue weighted by atomic mass is 10.1. The van der Waals surface area contributed by atoms with Crippen LogP contribution >= 0.6 is 0 Å². The smallest absolute Gasteiger partial charge is 0.241 e. The van der Waals surface area contributed by atoms with Crippen molar-refractivity contribution >= 4 is 11.6 Å². The Kier molecular flexibility index (Phi) is 5.15. The number of nitrogens with zero attached hydrogens (tertiary/aromatic N) is 2. The molecule has 1 N–H and O–H groups in total. The van der Waals surface area contributed by atoms with Gasteiger partial charge >= 0.3 is 0 Å². The second kappa shape index (κ2) is 6.86. The highest BCUT2D eigenvalue weighted by Crippen LogP contribution is 2.19. The van der Waals surface area contributed by atoms with Crippen LogP contribution in [0, 0.1) is 6.92 Å². The van der Waals surface area contributed by atoms with Gasteiger partial charge in [0.1, 0.15) is 0 Å². The van der Waals surface area contributed by atoms with Crippen LogP contribution in [0.25, 0.3) is 0 Å². The molecule has 4 nitrogen and oxygen atoms in total. The summed E-state index contributed by atoms with van der Waals surface area (Å²) in [5, 5.41) is 3.40. The lowest BCUT2D eigenvalue weighted by Crippen LogP contribution is -2.52. The van der Waals surface area contributed by atoms with Gasteiger partial charge in [-0.1, -0.05) is 18.2 Å². The third kappa shape index (κ3) is 3.58. The molecule has 1 aromatic rings. The Labute approximate surface area is 121 Å². The number of hydrogen-bond acceptors (Lipinski definition) is 3. The number of hydrogen-bond donors (Lipinski definition) is 1. The molecule has 1 atom stereocenters. The van der Waals surface area contributed by atoms with Gasteiger partial charge in [-0.2, -0.15) is 0 Å². The van der Waals surface area contributed by atoms with Gasteiger partial charge in [-0.3, -0.25) is 9.69 Å². The first-order valence-corrected chi connectivity index (χ1v) is 7.43. The van der Waals surface area contributed by atoms with Crippen LogP contribution in [0.3, 0.4) is 0 Å². The number of piperazine rings is 1. The highest BCUT2D eigenvalue weighted by atomic mass is 16.2. The Morgan fingerprint density at radius 1 is 1.45 bits per heavy atom. The van der Waals surface area contributed by atoms with E-state index in [0.717, 1.165) is 30.9 Å². The van der Waals surface area contributed by atoms with Gasteiger partial charge in [-0.25, -0.2) is 0 Å². The molecule has 4 heteroatoms. The normalized spacial score (nSPS) is 19.9. The summed E-state index contributed by atoms with van der Waals surface area (Å²) in [4.78, 5) is 16.7. The van der Waals surface area contributed by atoms with Crippen LogP contribution in [-0.4, -0.2) is 49.6 Å². The van der Waals surface area contributed by atoms with Crippen molar-refractivity contribution in [2.75, 3.05) is 37.6 Å². The zero-order valence-electron chi connectivity index (χ0n) is 12.7. The molecule has 1 aromatic carbocycles. The van der Waals surface area contributed by atoms with Gasteiger partial charge in [-0.05, 0) is 32.4 Å². The summed E-state index contributed by atoms with van der Waals surface area (Å²) in [5.74, 6) is 0.191. The Morgan fingerprint density at radius 2 is 2.20 bits per heavy atom. The first kappa shape index (κ1) is 15.0. The third-order valence-electron chi connectivity index (χ3n) is 3.84. The number of carbonyl (C=O) groups is 1. The third-order valence-corrected chi connectivity index (χ3v) is 3.84. The first-order valence-electron chi connectivity index (χ1n) is 7.43. The van der Waals surface area contributed by atoms with Gasteiger partial charge in [-0.15, -0.1) is 0 Å². The van der Waals surface area contributed by atoms with Gasteiger partial charge in [0.25, 0.3) is 0 Å². The molecule has 2 rings (SSSR count). The van der Waals surface area contributed by atoms with E-state index in [1.807, 2.05) is 30.0 Å². The van der Waals surface area contributed by atoms with Crippen molar-refractivity contribution in [1.29, 1.82) is 0 Å². The van der Waals surface area contributed by atoms with Crippen LogP contribution in [0.5, 0.6) is 0 Å². The molecule has 1 fully saturated rings. The monoisotopic (exact) mass is 275 g/mol. The number of amides is 1. The fourth-order valence-corrected chi connectivity index (χ4v) is 2.78. The van der Waals surface area contributed by atoms with E-state index in [9.17, 15) is 4.79 Å². The number of nitrogens with one attached hydrogen (secondary N) is 1. The van der Waals surface area contributed by atoms with Crippen molar-refractivity contribution in [3.05, 3.63) is 29.8 Å². The van der Waals surface area contributed by atoms with Crippen LogP contribution in [0.2, 0.25) is 0 Å². The lowest BCUT2D eigenvalue weighted by Gasteiger charge is -2.33. The predicted octanol–water partition coefficient (Wildman–Crippen LogP) is 1.64. The fourth-order valence-electron chi connectivity index (χ4n) is 2.78. The van der Waals surface area contributed by atoms with Crippen molar-refractivity contribution in [3.8, 4) is 0 Å². The molecule has 1 heterocycles. The Morgan fingerprint density at radius 3 is 2.85 bits per heavy atom. The van der Waals surface area contributed by atoms with Gasteiger partial charge < -0.3 is 10.2 Å². The van der Waals surface area contributed by atoms with E-state index in [0.29, 0.717) is 19.1 Å². The van der Waals surface area contributed by atoms with Crippen LogP contribution in [0.1, 0.15) is 19.4 Å². The fraction of sp³-hybridized carbons (Fsp3) is 0.562. The minimum absolute atomic E-state index is 0.191. The molecule has 0 bridgehead atoms. The minimum Gasteiger partial charge on any atom is -0.312 e. The second-order valence-electron chi connectivity index (χ2n) is 5.51. The number of para-hydroxylation sites is 1. The van der Waals surface area contributed by atoms with Gasteiger partial charge in [0.2, 0.25) is 5.91 Å². The van der Waals surface area contributed by atoms with E-state index in [4.69, 9.17) is 0 Å². The number of anilines is 1. The standard InChI is InChI=1S/C16H25N3O/c1-4-19(15-8-6-5-7-13(15)2)16(20)12-18-10-9-17-14(3)11-18/h5-8,14,17H,4,9-12H2,1-3H3. The molecule has 1 amide bonds. The number of rotatable bonds is 4. The van der Waals surface area contributed by atoms with Crippen LogP contribution in [0.4, 0.5) is 5.69 Å². The highest BCUT2D eigenvalue weighted by molar-refractivity contribution is 5.95. The van der Waals surface area contributed by atoms with E-state index in [1.165, 1.54) is 0 Å². The van der Waals surface area contributed by atoms with Gasteiger partial charge in [0.15, 0.2) is 0 Å². The van der Waals surface area contributed by atoms with E-state index >= 15 is 0 Å². The van der Waals surface area contributed by atoms with Gasteiger partial charge in [0, 0.05) is 37.9 Å². The molecule has 1 aliphatic rings. The molecule has 1 aliphatic heterocycles. The first-order chi connectivity index (χ1) is 9.61. The SMILES string of the molecule is CCN(C(=O)CN1CCNC(C)C1)c1ccccc1C. The maximum Gasteiger partial charge on any atom is 0.241 e. The molecule has 0 saturated carbocycles. The van der Waals surface area contributed by atoms with Crippen LogP contribution < -0.4 is 10.2 Å². The zero-order chi connectivity index (χ0) is 14.5. The number of benzene rings is 1. The van der Waals surface area contributed by atoms with Crippen molar-refractivity contribution in [3.63, 3.8) is 0 Å². The summed E-state index contributed by atoms with van der Waals surface area (Å²) < 4.78 is 0. The van der Waals surface area contributed by atoms with Crippen molar-refractivity contribution in [1.82, 2.24) is 10.2 Å². The van der Waals surface area contributed by atoms with Crippen molar-refractivity contribution < 1.29 is 4.79 Å². The quantitative estimate of drug-likeness (QED) is 0.907. The molecule has 110 valence electrons. The van der Waals surface area contributed by atoms with E-state index in [-0.39, 0.29) is 5.91 Å². The molecule has 0 radical (unpaired) electrons. The summed E-state index contributed by atoms with van der Waals surface area (Å²) >= 11 is 0. The Balaban J connectivity index is 2.04. The molecule has 1 saturated heterocycles. The molecule has 0 aromatic heterocycles. The molecule has 0 spiro atoms. The van der Waals surface area contributed by atoms with Gasteiger partial charge in [0.05, 0.1) is 6.54 Å². The van der Waals surface area contributed by atoms with E-state index < -0.39 is 0 Å².